The van der Waals surface area contributed by atoms with Gasteiger partial charge in [-0.15, -0.1) is 0 Å². The van der Waals surface area contributed by atoms with Crippen LogP contribution >= 0.6 is 0 Å². The molecule has 0 saturated carbocycles. The van der Waals surface area contributed by atoms with Gasteiger partial charge in [-0.05, 0) is 44.4 Å². The third-order valence-corrected chi connectivity index (χ3v) is 4.42. The lowest BCUT2D eigenvalue weighted by Gasteiger charge is -2.26. The largest absolute Gasteiger partial charge is 0.370 e. The molecule has 0 radical (unpaired) electrons. The summed E-state index contributed by atoms with van der Waals surface area (Å²) in [5, 5.41) is 3.39. The Kier molecular flexibility index (Phi) is 4.41. The molecular formula is C16H26N4. The minimum Gasteiger partial charge on any atom is -0.370 e. The molecule has 1 aromatic rings. The van der Waals surface area contributed by atoms with Crippen molar-refractivity contribution < 1.29 is 0 Å². The highest BCUT2D eigenvalue weighted by atomic mass is 15.3. The van der Waals surface area contributed by atoms with Gasteiger partial charge in [-0.1, -0.05) is 13.0 Å². The van der Waals surface area contributed by atoms with Crippen LogP contribution in [-0.2, 0) is 0 Å². The van der Waals surface area contributed by atoms with Gasteiger partial charge >= 0.3 is 0 Å². The molecule has 2 aliphatic heterocycles. The van der Waals surface area contributed by atoms with Crippen molar-refractivity contribution in [2.24, 2.45) is 0 Å². The van der Waals surface area contributed by atoms with E-state index >= 15 is 0 Å². The molecule has 4 heteroatoms. The van der Waals surface area contributed by atoms with Gasteiger partial charge in [-0.2, -0.15) is 0 Å². The predicted octanol–water partition coefficient (Wildman–Crippen LogP) is 2.58. The lowest BCUT2D eigenvalue weighted by atomic mass is 10.2. The molecule has 2 aliphatic rings. The molecule has 0 amide bonds. The maximum absolute atomic E-state index is 4.79. The van der Waals surface area contributed by atoms with E-state index < -0.39 is 0 Å². The maximum atomic E-state index is 4.79. The Hall–Kier alpha value is -1.29. The summed E-state index contributed by atoms with van der Waals surface area (Å²) in [6, 6.07) is 7.09. The number of fused-ring (bicyclic) bond motifs is 1. The summed E-state index contributed by atoms with van der Waals surface area (Å²) in [7, 11) is 0. The summed E-state index contributed by atoms with van der Waals surface area (Å²) in [4.78, 5) is 9.93. The Balaban J connectivity index is 1.70. The highest BCUT2D eigenvalue weighted by Crippen LogP contribution is 2.24. The molecule has 1 aromatic heterocycles. The number of rotatable bonds is 4. The van der Waals surface area contributed by atoms with Gasteiger partial charge in [-0.3, -0.25) is 4.90 Å². The fourth-order valence-corrected chi connectivity index (χ4v) is 3.37. The summed E-state index contributed by atoms with van der Waals surface area (Å²) < 4.78 is 0. The highest BCUT2D eigenvalue weighted by Gasteiger charge is 2.29. The summed E-state index contributed by atoms with van der Waals surface area (Å²) in [5.74, 6) is 2.15. The van der Waals surface area contributed by atoms with Gasteiger partial charge in [0.25, 0.3) is 0 Å². The second kappa shape index (κ2) is 6.44. The number of nitrogens with zero attached hydrogens (tertiary/aromatic N) is 3. The van der Waals surface area contributed by atoms with Crippen LogP contribution < -0.4 is 10.2 Å². The minimum absolute atomic E-state index is 0.742. The van der Waals surface area contributed by atoms with Crippen LogP contribution in [0.4, 0.5) is 11.6 Å². The summed E-state index contributed by atoms with van der Waals surface area (Å²) >= 11 is 0. The Labute approximate surface area is 122 Å². The third kappa shape index (κ3) is 3.06. The van der Waals surface area contributed by atoms with Crippen molar-refractivity contribution in [1.29, 1.82) is 0 Å². The molecule has 1 atom stereocenters. The molecule has 1 N–H and O–H groups in total. The van der Waals surface area contributed by atoms with E-state index in [9.17, 15) is 0 Å². The molecule has 4 nitrogen and oxygen atoms in total. The standard InChI is InChI=1S/C16H26N4/c1-2-9-17-15-7-3-8-16(18-15)20-12-5-11-19-10-4-6-14(19)13-20/h3,7-8,14H,2,4-6,9-13H2,1H3,(H,17,18). The average Bonchev–Trinajstić information content (AvgIpc) is 2.82. The molecule has 0 aliphatic carbocycles. The van der Waals surface area contributed by atoms with Crippen molar-refractivity contribution in [2.75, 3.05) is 42.9 Å². The molecule has 0 spiro atoms. The molecule has 110 valence electrons. The number of pyridine rings is 1. The van der Waals surface area contributed by atoms with E-state index in [4.69, 9.17) is 4.98 Å². The van der Waals surface area contributed by atoms with Crippen LogP contribution in [0.2, 0.25) is 0 Å². The van der Waals surface area contributed by atoms with Crippen molar-refractivity contribution in [3.63, 3.8) is 0 Å². The van der Waals surface area contributed by atoms with E-state index in [1.807, 2.05) is 0 Å². The van der Waals surface area contributed by atoms with Gasteiger partial charge in [0.05, 0.1) is 0 Å². The van der Waals surface area contributed by atoms with E-state index in [1.165, 1.54) is 32.4 Å². The lowest BCUT2D eigenvalue weighted by molar-refractivity contribution is 0.273. The minimum atomic E-state index is 0.742. The lowest BCUT2D eigenvalue weighted by Crippen LogP contribution is -2.37. The van der Waals surface area contributed by atoms with Crippen LogP contribution in [0, 0.1) is 0 Å². The Morgan fingerprint density at radius 3 is 3.05 bits per heavy atom. The summed E-state index contributed by atoms with van der Waals surface area (Å²) in [6.07, 6.45) is 5.10. The number of aromatic nitrogens is 1. The SMILES string of the molecule is CCCNc1cccc(N2CCCN3CCCC3C2)n1. The summed E-state index contributed by atoms with van der Waals surface area (Å²) in [5.41, 5.74) is 0. The third-order valence-electron chi connectivity index (χ3n) is 4.42. The highest BCUT2D eigenvalue weighted by molar-refractivity contribution is 5.47. The molecule has 0 bridgehead atoms. The first-order valence-electron chi connectivity index (χ1n) is 8.07. The van der Waals surface area contributed by atoms with Crippen LogP contribution in [-0.4, -0.2) is 48.6 Å². The van der Waals surface area contributed by atoms with E-state index in [0.29, 0.717) is 0 Å². The van der Waals surface area contributed by atoms with Gasteiger partial charge in [0, 0.05) is 32.2 Å². The molecule has 0 aromatic carbocycles. The average molecular weight is 274 g/mol. The number of hydrogen-bond donors (Lipinski definition) is 1. The van der Waals surface area contributed by atoms with E-state index in [1.54, 1.807) is 0 Å². The van der Waals surface area contributed by atoms with Crippen molar-refractivity contribution in [2.45, 2.75) is 38.6 Å². The van der Waals surface area contributed by atoms with Crippen LogP contribution in [0.15, 0.2) is 18.2 Å². The molecule has 2 saturated heterocycles. The maximum Gasteiger partial charge on any atom is 0.131 e. The summed E-state index contributed by atoms with van der Waals surface area (Å²) in [6.45, 7) is 8.01. The zero-order valence-corrected chi connectivity index (χ0v) is 12.5. The number of hydrogen-bond acceptors (Lipinski definition) is 4. The molecule has 20 heavy (non-hydrogen) atoms. The van der Waals surface area contributed by atoms with E-state index in [0.717, 1.165) is 43.7 Å². The number of nitrogens with one attached hydrogen (secondary N) is 1. The Bertz CT molecular complexity index is 434. The topological polar surface area (TPSA) is 31.4 Å². The van der Waals surface area contributed by atoms with Gasteiger partial charge in [0.15, 0.2) is 0 Å². The monoisotopic (exact) mass is 274 g/mol. The molecule has 3 heterocycles. The fourth-order valence-electron chi connectivity index (χ4n) is 3.37. The molecule has 3 rings (SSSR count). The second-order valence-corrected chi connectivity index (χ2v) is 5.94. The Morgan fingerprint density at radius 1 is 1.25 bits per heavy atom. The van der Waals surface area contributed by atoms with Crippen molar-refractivity contribution in [3.05, 3.63) is 18.2 Å². The normalized spacial score (nSPS) is 23.4. The van der Waals surface area contributed by atoms with Crippen molar-refractivity contribution >= 4 is 11.6 Å². The van der Waals surface area contributed by atoms with Gasteiger partial charge in [-0.25, -0.2) is 4.98 Å². The molecular weight excluding hydrogens is 248 g/mol. The van der Waals surface area contributed by atoms with Crippen LogP contribution in [0.5, 0.6) is 0 Å². The fraction of sp³-hybridized carbons (Fsp3) is 0.688. The Morgan fingerprint density at radius 2 is 2.15 bits per heavy atom. The van der Waals surface area contributed by atoms with Crippen LogP contribution in [0.25, 0.3) is 0 Å². The van der Waals surface area contributed by atoms with Crippen molar-refractivity contribution in [1.82, 2.24) is 9.88 Å². The van der Waals surface area contributed by atoms with Crippen LogP contribution in [0.3, 0.4) is 0 Å². The quantitative estimate of drug-likeness (QED) is 0.914. The first-order valence-corrected chi connectivity index (χ1v) is 8.07. The van der Waals surface area contributed by atoms with E-state index in [2.05, 4.69) is 40.2 Å². The molecule has 1 unspecified atom stereocenters. The van der Waals surface area contributed by atoms with Crippen LogP contribution in [0.1, 0.15) is 32.6 Å². The van der Waals surface area contributed by atoms with Gasteiger partial charge < -0.3 is 10.2 Å². The predicted molar refractivity (Wildman–Crippen MR) is 84.4 cm³/mol. The zero-order valence-electron chi connectivity index (χ0n) is 12.5. The van der Waals surface area contributed by atoms with Gasteiger partial charge in [0.1, 0.15) is 11.6 Å². The zero-order chi connectivity index (χ0) is 13.8. The first-order chi connectivity index (χ1) is 9.86. The number of anilines is 2. The second-order valence-electron chi connectivity index (χ2n) is 5.94. The molecule has 2 fully saturated rings. The first kappa shape index (κ1) is 13.7. The smallest absolute Gasteiger partial charge is 0.131 e. The van der Waals surface area contributed by atoms with Gasteiger partial charge in [0.2, 0.25) is 0 Å². The van der Waals surface area contributed by atoms with Crippen molar-refractivity contribution in [3.8, 4) is 0 Å². The van der Waals surface area contributed by atoms with E-state index in [-0.39, 0.29) is 0 Å².